The van der Waals surface area contributed by atoms with Crippen molar-refractivity contribution in [3.8, 4) is 0 Å². The van der Waals surface area contributed by atoms with Gasteiger partial charge in [0.25, 0.3) is 0 Å². The van der Waals surface area contributed by atoms with E-state index >= 15 is 0 Å². The minimum Gasteiger partial charge on any atom is 0 e. The maximum absolute atomic E-state index is 2.37. The van der Waals surface area contributed by atoms with E-state index in [2.05, 4.69) is 40.0 Å². The summed E-state index contributed by atoms with van der Waals surface area (Å²) in [6, 6.07) is 0. The fraction of sp³-hybridized carbons (Fsp3) is 0. The first-order valence-corrected chi connectivity index (χ1v) is 9.35. The molecule has 4 heavy (non-hydrogen) atoms. The maximum Gasteiger partial charge on any atom is 0 e. The monoisotopic (exact) mass is 328 g/mol. The Hall–Kier alpha value is 3.04. The van der Waals surface area contributed by atoms with Crippen LogP contribution in [0.3, 0.4) is 0 Å². The van der Waals surface area contributed by atoms with Gasteiger partial charge in [-0.25, -0.2) is 0 Å². The molecule has 0 fully saturated rings. The van der Waals surface area contributed by atoms with Gasteiger partial charge in [-0.1, -0.05) is 0 Å². The Labute approximate surface area is 77.0 Å². The molecular weight excluding hydrogens is 328 g/mol. The first kappa shape index (κ1) is 10.1. The molecule has 0 aliphatic rings. The molecule has 0 unspecified atom stereocenters. The summed E-state index contributed by atoms with van der Waals surface area (Å²) in [5, 5.41) is 0. The zero-order chi connectivity index (χ0) is 2.71. The molecule has 0 aliphatic carbocycles. The summed E-state index contributed by atoms with van der Waals surface area (Å²) in [7, 11) is 0.628. The first-order chi connectivity index (χ1) is 1.41. The van der Waals surface area contributed by atoms with Crippen molar-refractivity contribution < 1.29 is 9.47 Å². The van der Waals surface area contributed by atoms with Gasteiger partial charge in [0.05, 0.1) is 0 Å². The van der Waals surface area contributed by atoms with Gasteiger partial charge in [0, 0.05) is 29.6 Å². The third-order valence-corrected chi connectivity index (χ3v) is 0. The van der Waals surface area contributed by atoms with Gasteiger partial charge in [-0.3, -0.25) is 0 Å². The quantitative estimate of drug-likeness (QED) is 0.466. The van der Waals surface area contributed by atoms with Crippen LogP contribution in [0, 0.1) is 0 Å². The van der Waals surface area contributed by atoms with Gasteiger partial charge in [-0.15, -0.1) is 0 Å². The third-order valence-electron chi connectivity index (χ3n) is 0. The van der Waals surface area contributed by atoms with Gasteiger partial charge in [0.15, 0.2) is 0 Å². The summed E-state index contributed by atoms with van der Waals surface area (Å²) >= 11 is 4.74. The van der Waals surface area contributed by atoms with Crippen LogP contribution >= 0.6 is 40.0 Å². The molecule has 1 radical (unpaired) electrons. The Morgan fingerprint density at radius 3 is 1.25 bits per heavy atom. The molecular formula is I2NaV. The van der Waals surface area contributed by atoms with E-state index in [1.165, 1.54) is 0 Å². The van der Waals surface area contributed by atoms with E-state index in [4.69, 9.17) is 0 Å². The van der Waals surface area contributed by atoms with Crippen molar-refractivity contribution in [2.75, 3.05) is 0 Å². The Morgan fingerprint density at radius 1 is 1.25 bits per heavy atom. The summed E-state index contributed by atoms with van der Waals surface area (Å²) in [6.07, 6.45) is 0. The largest absolute Gasteiger partial charge is 0 e. The smallest absolute Gasteiger partial charge is 0 e. The maximum atomic E-state index is 2.37. The molecule has 0 aromatic heterocycles. The van der Waals surface area contributed by atoms with Crippen LogP contribution < -0.4 is 0 Å². The number of hydrogen-bond acceptors (Lipinski definition) is 0. The molecule has 0 aromatic rings. The van der Waals surface area contributed by atoms with E-state index in [9.17, 15) is 0 Å². The molecule has 0 rings (SSSR count). The van der Waals surface area contributed by atoms with Crippen LogP contribution in [-0.4, -0.2) is 29.6 Å². The van der Waals surface area contributed by atoms with Crippen LogP contribution in [0.4, 0.5) is 0 Å². The van der Waals surface area contributed by atoms with Gasteiger partial charge in [0.1, 0.15) is 0 Å². The molecule has 0 bridgehead atoms. The summed E-state index contributed by atoms with van der Waals surface area (Å²) in [4.78, 5) is 0. The Morgan fingerprint density at radius 2 is 1.25 bits per heavy atom. The van der Waals surface area contributed by atoms with E-state index in [1.807, 2.05) is 0 Å². The fourth-order valence-electron chi connectivity index (χ4n) is 0. The summed E-state index contributed by atoms with van der Waals surface area (Å²) in [5.74, 6) is 0. The average molecular weight is 328 g/mol. The van der Waals surface area contributed by atoms with Crippen LogP contribution in [0.15, 0.2) is 0 Å². The summed E-state index contributed by atoms with van der Waals surface area (Å²) < 4.78 is 0. The van der Waals surface area contributed by atoms with Crippen LogP contribution in [0.1, 0.15) is 0 Å². The number of halogens is 2. The summed E-state index contributed by atoms with van der Waals surface area (Å²) in [6.45, 7) is 0. The Bertz CT molecular complexity index is 6.00. The zero-order valence-electron chi connectivity index (χ0n) is 2.20. The molecule has 0 spiro atoms. The van der Waals surface area contributed by atoms with Crippen molar-refractivity contribution in [1.82, 2.24) is 0 Å². The Balaban J connectivity index is 0. The zero-order valence-corrected chi connectivity index (χ0v) is 9.91. The van der Waals surface area contributed by atoms with Crippen molar-refractivity contribution in [3.63, 3.8) is 0 Å². The van der Waals surface area contributed by atoms with Crippen LogP contribution in [0.2, 0.25) is 0 Å². The van der Waals surface area contributed by atoms with Gasteiger partial charge >= 0.3 is 49.4 Å². The number of hydrogen-bond donors (Lipinski definition) is 0. The molecule has 0 saturated heterocycles. The molecule has 20 valence electrons. The molecule has 0 atom stereocenters. The second kappa shape index (κ2) is 9.40. The Kier molecular flexibility index (Phi) is 23.8. The van der Waals surface area contributed by atoms with E-state index < -0.39 is 0 Å². The van der Waals surface area contributed by atoms with Gasteiger partial charge in [-0.05, 0) is 0 Å². The van der Waals surface area contributed by atoms with E-state index in [0.29, 0.717) is 9.47 Å². The SMILES string of the molecule is [I][V][I].[Na]. The van der Waals surface area contributed by atoms with Crippen LogP contribution in [0.25, 0.3) is 0 Å². The minimum atomic E-state index is 0. The van der Waals surface area contributed by atoms with Crippen molar-refractivity contribution in [2.24, 2.45) is 0 Å². The minimum absolute atomic E-state index is 0. The van der Waals surface area contributed by atoms with Crippen molar-refractivity contribution in [3.05, 3.63) is 0 Å². The van der Waals surface area contributed by atoms with Crippen molar-refractivity contribution in [1.29, 1.82) is 0 Å². The van der Waals surface area contributed by atoms with Crippen molar-refractivity contribution in [2.45, 2.75) is 0 Å². The average Bonchev–Trinajstić information content (AvgIpc) is 0.918. The standard InChI is InChI=1S/2HI.Na.V/h2*1H;;/q;;;+2/p-2. The van der Waals surface area contributed by atoms with E-state index in [1.54, 1.807) is 0 Å². The second-order valence-corrected chi connectivity index (χ2v) is 11.9. The van der Waals surface area contributed by atoms with Gasteiger partial charge in [-0.2, -0.15) is 0 Å². The third kappa shape index (κ3) is 8.90. The van der Waals surface area contributed by atoms with Crippen LogP contribution in [-0.2, 0) is 9.47 Å². The van der Waals surface area contributed by atoms with Gasteiger partial charge < -0.3 is 0 Å². The fourth-order valence-corrected chi connectivity index (χ4v) is 0. The molecule has 0 amide bonds. The summed E-state index contributed by atoms with van der Waals surface area (Å²) in [5.41, 5.74) is 0. The van der Waals surface area contributed by atoms with Gasteiger partial charge in [0.2, 0.25) is 0 Å². The predicted octanol–water partition coefficient (Wildman–Crippen LogP) is 1.39. The molecule has 0 aromatic carbocycles. The normalized spacial score (nSPS) is 3.50. The van der Waals surface area contributed by atoms with E-state index in [0.717, 1.165) is 0 Å². The van der Waals surface area contributed by atoms with Crippen LogP contribution in [0.5, 0.6) is 0 Å². The predicted molar refractivity (Wildman–Crippen MR) is 33.8 cm³/mol. The molecule has 0 saturated carbocycles. The number of rotatable bonds is 0. The topological polar surface area (TPSA) is 0 Å². The second-order valence-electron chi connectivity index (χ2n) is 0.0639. The first-order valence-electron chi connectivity index (χ1n) is 0.338. The molecule has 0 aliphatic heterocycles. The molecule has 0 heterocycles. The van der Waals surface area contributed by atoms with Crippen molar-refractivity contribution >= 4 is 69.5 Å². The molecule has 0 nitrogen and oxygen atoms in total. The van der Waals surface area contributed by atoms with E-state index in [-0.39, 0.29) is 29.6 Å². The molecule has 0 N–H and O–H groups in total. The molecule has 4 heteroatoms.